The number of methoxy groups -OCH3 is 2. The number of rotatable bonds is 5. The number of carboxylic acids is 1. The number of hydrogen-bond acceptors (Lipinski definition) is 4. The van der Waals surface area contributed by atoms with E-state index >= 15 is 0 Å². The highest BCUT2D eigenvalue weighted by Crippen LogP contribution is 2.33. The van der Waals surface area contributed by atoms with Crippen LogP contribution in [0.3, 0.4) is 0 Å². The van der Waals surface area contributed by atoms with E-state index in [4.69, 9.17) is 14.6 Å². The fourth-order valence-corrected chi connectivity index (χ4v) is 1.39. The van der Waals surface area contributed by atoms with Gasteiger partial charge in [-0.1, -0.05) is 0 Å². The molecule has 88 valence electrons. The van der Waals surface area contributed by atoms with Crippen LogP contribution >= 0.6 is 0 Å². The highest BCUT2D eigenvalue weighted by Gasteiger charge is 2.12. The van der Waals surface area contributed by atoms with E-state index in [1.165, 1.54) is 20.3 Å². The van der Waals surface area contributed by atoms with Crippen molar-refractivity contribution in [3.05, 3.63) is 17.7 Å². The van der Waals surface area contributed by atoms with Gasteiger partial charge in [0.1, 0.15) is 17.2 Å². The van der Waals surface area contributed by atoms with E-state index in [0.29, 0.717) is 17.1 Å². The lowest BCUT2D eigenvalue weighted by Gasteiger charge is -2.11. The Balaban J connectivity index is 3.01. The van der Waals surface area contributed by atoms with Crippen LogP contribution in [0.4, 0.5) is 0 Å². The van der Waals surface area contributed by atoms with Crippen molar-refractivity contribution in [3.8, 4) is 17.2 Å². The number of aliphatic carboxylic acids is 1. The number of carboxylic acid groups (broad SMARTS) is 1. The van der Waals surface area contributed by atoms with E-state index in [2.05, 4.69) is 0 Å². The van der Waals surface area contributed by atoms with Crippen molar-refractivity contribution in [2.75, 3.05) is 14.2 Å². The smallest absolute Gasteiger partial charge is 0.303 e. The Morgan fingerprint density at radius 3 is 2.50 bits per heavy atom. The maximum absolute atomic E-state index is 10.5. The number of aromatic hydroxyl groups is 1. The zero-order valence-electron chi connectivity index (χ0n) is 9.19. The van der Waals surface area contributed by atoms with Gasteiger partial charge in [0.15, 0.2) is 0 Å². The molecule has 0 saturated heterocycles. The minimum absolute atomic E-state index is 0.0162. The van der Waals surface area contributed by atoms with E-state index in [0.717, 1.165) is 0 Å². The van der Waals surface area contributed by atoms with Gasteiger partial charge in [-0.15, -0.1) is 0 Å². The molecule has 0 spiro atoms. The molecule has 1 rings (SSSR count). The minimum Gasteiger partial charge on any atom is -0.507 e. The molecule has 0 aliphatic heterocycles. The van der Waals surface area contributed by atoms with Crippen LogP contribution in [0.5, 0.6) is 17.2 Å². The average molecular weight is 226 g/mol. The predicted octanol–water partition coefficient (Wildman–Crippen LogP) is 1.43. The van der Waals surface area contributed by atoms with Gasteiger partial charge in [0.05, 0.1) is 14.2 Å². The van der Waals surface area contributed by atoms with Crippen LogP contribution in [0.25, 0.3) is 0 Å². The van der Waals surface area contributed by atoms with Gasteiger partial charge in [-0.2, -0.15) is 0 Å². The van der Waals surface area contributed by atoms with E-state index in [9.17, 15) is 9.90 Å². The van der Waals surface area contributed by atoms with Gasteiger partial charge in [-0.3, -0.25) is 4.79 Å². The molecule has 0 amide bonds. The van der Waals surface area contributed by atoms with Crippen molar-refractivity contribution in [2.45, 2.75) is 12.8 Å². The normalized spacial score (nSPS) is 9.88. The quantitative estimate of drug-likeness (QED) is 0.794. The monoisotopic (exact) mass is 226 g/mol. The van der Waals surface area contributed by atoms with E-state index in [1.807, 2.05) is 0 Å². The lowest BCUT2D eigenvalue weighted by atomic mass is 10.1. The van der Waals surface area contributed by atoms with Crippen molar-refractivity contribution >= 4 is 5.97 Å². The van der Waals surface area contributed by atoms with Gasteiger partial charge in [-0.05, 0) is 6.42 Å². The molecule has 0 bridgehead atoms. The SMILES string of the molecule is COc1cc(O)c(CCC(=O)O)c(OC)c1. The molecule has 0 saturated carbocycles. The topological polar surface area (TPSA) is 76.0 Å². The van der Waals surface area contributed by atoms with Gasteiger partial charge >= 0.3 is 5.97 Å². The number of phenols is 1. The number of hydrogen-bond donors (Lipinski definition) is 2. The third-order valence-electron chi connectivity index (χ3n) is 2.20. The molecule has 0 fully saturated rings. The molecular weight excluding hydrogens is 212 g/mol. The Hall–Kier alpha value is -1.91. The van der Waals surface area contributed by atoms with Crippen molar-refractivity contribution in [1.29, 1.82) is 0 Å². The second kappa shape index (κ2) is 5.25. The molecule has 0 heterocycles. The Labute approximate surface area is 93.2 Å². The molecule has 2 N–H and O–H groups in total. The first kappa shape index (κ1) is 12.2. The fraction of sp³-hybridized carbons (Fsp3) is 0.364. The highest BCUT2D eigenvalue weighted by atomic mass is 16.5. The van der Waals surface area contributed by atoms with Gasteiger partial charge in [-0.25, -0.2) is 0 Å². The summed E-state index contributed by atoms with van der Waals surface area (Å²) in [7, 11) is 2.93. The fourth-order valence-electron chi connectivity index (χ4n) is 1.39. The molecule has 0 unspecified atom stereocenters. The third-order valence-corrected chi connectivity index (χ3v) is 2.20. The van der Waals surface area contributed by atoms with E-state index < -0.39 is 5.97 Å². The molecule has 0 aromatic heterocycles. The largest absolute Gasteiger partial charge is 0.507 e. The third kappa shape index (κ3) is 2.79. The van der Waals surface area contributed by atoms with Crippen LogP contribution in [0.2, 0.25) is 0 Å². The molecular formula is C11H14O5. The minimum atomic E-state index is -0.919. The second-order valence-corrected chi connectivity index (χ2v) is 3.22. The van der Waals surface area contributed by atoms with Crippen LogP contribution in [-0.2, 0) is 11.2 Å². The van der Waals surface area contributed by atoms with Gasteiger partial charge < -0.3 is 19.7 Å². The standard InChI is InChI=1S/C11H14O5/c1-15-7-5-9(12)8(3-4-11(13)14)10(6-7)16-2/h5-6,12H,3-4H2,1-2H3,(H,13,14). The predicted molar refractivity (Wildman–Crippen MR) is 57.2 cm³/mol. The summed E-state index contributed by atoms with van der Waals surface area (Å²) in [6, 6.07) is 3.04. The lowest BCUT2D eigenvalue weighted by molar-refractivity contribution is -0.136. The van der Waals surface area contributed by atoms with Gasteiger partial charge in [0.2, 0.25) is 0 Å². The van der Waals surface area contributed by atoms with Crippen molar-refractivity contribution in [2.24, 2.45) is 0 Å². The Morgan fingerprint density at radius 2 is 2.00 bits per heavy atom. The summed E-state index contributed by atoms with van der Waals surface area (Å²) in [6.45, 7) is 0. The first-order chi connectivity index (χ1) is 7.58. The van der Waals surface area contributed by atoms with Crippen LogP contribution in [0.1, 0.15) is 12.0 Å². The van der Waals surface area contributed by atoms with Crippen molar-refractivity contribution in [3.63, 3.8) is 0 Å². The van der Waals surface area contributed by atoms with Crippen LogP contribution < -0.4 is 9.47 Å². The number of phenolic OH excluding ortho intramolecular Hbond substituents is 1. The van der Waals surface area contributed by atoms with Gasteiger partial charge in [0.25, 0.3) is 0 Å². The van der Waals surface area contributed by atoms with Crippen molar-refractivity contribution in [1.82, 2.24) is 0 Å². The molecule has 1 aromatic rings. The molecule has 0 aliphatic rings. The first-order valence-corrected chi connectivity index (χ1v) is 4.74. The zero-order chi connectivity index (χ0) is 12.1. The Kier molecular flexibility index (Phi) is 3.99. The van der Waals surface area contributed by atoms with Crippen molar-refractivity contribution < 1.29 is 24.5 Å². The number of benzene rings is 1. The number of ether oxygens (including phenoxy) is 2. The maximum Gasteiger partial charge on any atom is 0.303 e. The molecule has 0 radical (unpaired) electrons. The Bertz CT molecular complexity index is 386. The van der Waals surface area contributed by atoms with E-state index in [1.54, 1.807) is 6.07 Å². The molecule has 5 nitrogen and oxygen atoms in total. The zero-order valence-corrected chi connectivity index (χ0v) is 9.19. The lowest BCUT2D eigenvalue weighted by Crippen LogP contribution is -2.00. The molecule has 5 heteroatoms. The number of carbonyl (C=O) groups is 1. The highest BCUT2D eigenvalue weighted by molar-refractivity contribution is 5.67. The summed E-state index contributed by atoms with van der Waals surface area (Å²) in [5.41, 5.74) is 0.478. The molecule has 1 aromatic carbocycles. The summed E-state index contributed by atoms with van der Waals surface area (Å²) < 4.78 is 10.0. The Morgan fingerprint density at radius 1 is 1.31 bits per heavy atom. The van der Waals surface area contributed by atoms with E-state index in [-0.39, 0.29) is 18.6 Å². The molecule has 0 aliphatic carbocycles. The maximum atomic E-state index is 10.5. The second-order valence-electron chi connectivity index (χ2n) is 3.22. The summed E-state index contributed by atoms with van der Waals surface area (Å²) >= 11 is 0. The summed E-state index contributed by atoms with van der Waals surface area (Å²) in [4.78, 5) is 10.5. The van der Waals surface area contributed by atoms with Crippen LogP contribution in [-0.4, -0.2) is 30.4 Å². The average Bonchev–Trinajstić information content (AvgIpc) is 2.26. The van der Waals surface area contributed by atoms with Crippen LogP contribution in [0, 0.1) is 0 Å². The summed E-state index contributed by atoms with van der Waals surface area (Å²) in [5.74, 6) is -0.0405. The first-order valence-electron chi connectivity index (χ1n) is 4.74. The molecule has 0 atom stereocenters. The summed E-state index contributed by atoms with van der Waals surface area (Å²) in [5, 5.41) is 18.3. The van der Waals surface area contributed by atoms with Gasteiger partial charge in [0, 0.05) is 24.1 Å². The molecule has 16 heavy (non-hydrogen) atoms. The van der Waals surface area contributed by atoms with Crippen LogP contribution in [0.15, 0.2) is 12.1 Å². The summed E-state index contributed by atoms with van der Waals surface area (Å²) in [6.07, 6.45) is 0.157.